The molecule has 0 radical (unpaired) electrons. The number of hydrogen-bond donors (Lipinski definition) is 0. The molecule has 0 unspecified atom stereocenters. The van der Waals surface area contributed by atoms with Crippen LogP contribution in [0.25, 0.3) is 0 Å². The highest BCUT2D eigenvalue weighted by Crippen LogP contribution is 2.23. The van der Waals surface area contributed by atoms with E-state index in [2.05, 4.69) is 15.0 Å². The molecule has 0 amide bonds. The number of carbonyl (C=O) groups excluding carboxylic acids is 1. The second kappa shape index (κ2) is 7.05. The first kappa shape index (κ1) is 15.3. The highest BCUT2D eigenvalue weighted by molar-refractivity contribution is 5.72. The van der Waals surface area contributed by atoms with Gasteiger partial charge in [-0.05, 0) is 19.8 Å². The Morgan fingerprint density at radius 3 is 2.19 bits per heavy atom. The van der Waals surface area contributed by atoms with E-state index in [0.717, 1.165) is 12.8 Å². The third-order valence-corrected chi connectivity index (χ3v) is 3.35. The fraction of sp³-hybridized carbons (Fsp3) is 0.692. The third kappa shape index (κ3) is 3.71. The Hall–Kier alpha value is -2.12. The zero-order chi connectivity index (χ0) is 15.2. The molecule has 8 nitrogen and oxygen atoms in total. The predicted octanol–water partition coefficient (Wildman–Crippen LogP) is 0.668. The summed E-state index contributed by atoms with van der Waals surface area (Å²) < 4.78 is 15.1. The number of hydrogen-bond acceptors (Lipinski definition) is 8. The van der Waals surface area contributed by atoms with Crippen molar-refractivity contribution in [3.8, 4) is 12.0 Å². The van der Waals surface area contributed by atoms with Gasteiger partial charge in [-0.1, -0.05) is 0 Å². The van der Waals surface area contributed by atoms with Crippen LogP contribution < -0.4 is 14.4 Å². The van der Waals surface area contributed by atoms with Gasteiger partial charge >= 0.3 is 18.0 Å². The van der Waals surface area contributed by atoms with Crippen molar-refractivity contribution in [3.63, 3.8) is 0 Å². The molecule has 1 aliphatic heterocycles. The van der Waals surface area contributed by atoms with E-state index in [1.807, 2.05) is 11.8 Å². The molecule has 21 heavy (non-hydrogen) atoms. The Balaban J connectivity index is 2.03. The molecule has 1 saturated heterocycles. The molecule has 0 aromatic carbocycles. The van der Waals surface area contributed by atoms with Gasteiger partial charge < -0.3 is 19.1 Å². The maximum absolute atomic E-state index is 11.7. The fourth-order valence-electron chi connectivity index (χ4n) is 2.23. The molecule has 116 valence electrons. The second-order valence-corrected chi connectivity index (χ2v) is 4.62. The lowest BCUT2D eigenvalue weighted by Gasteiger charge is -2.30. The molecule has 0 saturated carbocycles. The van der Waals surface area contributed by atoms with Crippen LogP contribution in [0.15, 0.2) is 0 Å². The summed E-state index contributed by atoms with van der Waals surface area (Å²) in [7, 11) is 2.98. The van der Waals surface area contributed by atoms with Crippen LogP contribution >= 0.6 is 0 Å². The minimum atomic E-state index is -0.122. The van der Waals surface area contributed by atoms with Gasteiger partial charge in [-0.25, -0.2) is 0 Å². The van der Waals surface area contributed by atoms with E-state index < -0.39 is 0 Å². The van der Waals surface area contributed by atoms with Crippen molar-refractivity contribution in [1.29, 1.82) is 0 Å². The molecule has 0 N–H and O–H groups in total. The molecular formula is C13H20N4O4. The van der Waals surface area contributed by atoms with E-state index in [1.54, 1.807) is 0 Å². The topological polar surface area (TPSA) is 86.7 Å². The van der Waals surface area contributed by atoms with Gasteiger partial charge in [0.25, 0.3) is 0 Å². The van der Waals surface area contributed by atoms with Crippen molar-refractivity contribution in [3.05, 3.63) is 0 Å². The average molecular weight is 296 g/mol. The van der Waals surface area contributed by atoms with Gasteiger partial charge in [-0.15, -0.1) is 4.98 Å². The Bertz CT molecular complexity index is 467. The number of esters is 1. The summed E-state index contributed by atoms with van der Waals surface area (Å²) in [6.07, 6.45) is 1.43. The lowest BCUT2D eigenvalue weighted by Crippen LogP contribution is -2.38. The highest BCUT2D eigenvalue weighted by Gasteiger charge is 2.27. The lowest BCUT2D eigenvalue weighted by atomic mass is 9.97. The van der Waals surface area contributed by atoms with Gasteiger partial charge in [-0.3, -0.25) is 4.79 Å². The third-order valence-electron chi connectivity index (χ3n) is 3.35. The van der Waals surface area contributed by atoms with Crippen molar-refractivity contribution in [2.75, 3.05) is 38.8 Å². The molecule has 1 aromatic heterocycles. The maximum Gasteiger partial charge on any atom is 0.324 e. The number of anilines is 1. The molecular weight excluding hydrogens is 276 g/mol. The molecule has 2 rings (SSSR count). The number of ether oxygens (including phenoxy) is 3. The summed E-state index contributed by atoms with van der Waals surface area (Å²) in [5, 5.41) is 0. The van der Waals surface area contributed by atoms with E-state index in [0.29, 0.717) is 25.6 Å². The van der Waals surface area contributed by atoms with Gasteiger partial charge in [0.1, 0.15) is 0 Å². The van der Waals surface area contributed by atoms with Crippen molar-refractivity contribution in [2.45, 2.75) is 19.8 Å². The summed E-state index contributed by atoms with van der Waals surface area (Å²) in [6.45, 7) is 3.59. The Morgan fingerprint density at radius 1 is 1.14 bits per heavy atom. The van der Waals surface area contributed by atoms with Gasteiger partial charge in [-0.2, -0.15) is 9.97 Å². The van der Waals surface area contributed by atoms with Crippen LogP contribution in [-0.2, 0) is 9.53 Å². The summed E-state index contributed by atoms with van der Waals surface area (Å²) in [6, 6.07) is 0.425. The number of methoxy groups -OCH3 is 2. The minimum Gasteiger partial charge on any atom is -0.467 e. The summed E-state index contributed by atoms with van der Waals surface area (Å²) >= 11 is 0. The first-order chi connectivity index (χ1) is 10.2. The first-order valence-electron chi connectivity index (χ1n) is 6.93. The quantitative estimate of drug-likeness (QED) is 0.733. The van der Waals surface area contributed by atoms with Gasteiger partial charge in [0.05, 0.1) is 26.7 Å². The molecule has 8 heteroatoms. The zero-order valence-electron chi connectivity index (χ0n) is 12.5. The zero-order valence-corrected chi connectivity index (χ0v) is 12.5. The van der Waals surface area contributed by atoms with E-state index >= 15 is 0 Å². The molecule has 0 bridgehead atoms. The van der Waals surface area contributed by atoms with Crippen LogP contribution in [0.5, 0.6) is 12.0 Å². The van der Waals surface area contributed by atoms with Crippen LogP contribution in [0.3, 0.4) is 0 Å². The predicted molar refractivity (Wildman–Crippen MR) is 74.5 cm³/mol. The Labute approximate surface area is 123 Å². The van der Waals surface area contributed by atoms with Crippen molar-refractivity contribution in [1.82, 2.24) is 15.0 Å². The molecule has 1 aromatic rings. The van der Waals surface area contributed by atoms with Gasteiger partial charge in [0, 0.05) is 13.1 Å². The van der Waals surface area contributed by atoms with Crippen molar-refractivity contribution in [2.24, 2.45) is 5.92 Å². The number of piperidine rings is 1. The molecule has 0 atom stereocenters. The van der Waals surface area contributed by atoms with Crippen LogP contribution in [0, 0.1) is 5.92 Å². The Morgan fingerprint density at radius 2 is 1.71 bits per heavy atom. The fourth-order valence-corrected chi connectivity index (χ4v) is 2.23. The highest BCUT2D eigenvalue weighted by atomic mass is 16.5. The second-order valence-electron chi connectivity index (χ2n) is 4.62. The van der Waals surface area contributed by atoms with Crippen LogP contribution in [0.2, 0.25) is 0 Å². The van der Waals surface area contributed by atoms with Crippen molar-refractivity contribution < 1.29 is 19.0 Å². The van der Waals surface area contributed by atoms with Gasteiger partial charge in [0.2, 0.25) is 5.95 Å². The van der Waals surface area contributed by atoms with Crippen molar-refractivity contribution >= 4 is 11.9 Å². The molecule has 0 spiro atoms. The average Bonchev–Trinajstić information content (AvgIpc) is 2.54. The maximum atomic E-state index is 11.7. The molecule has 1 fully saturated rings. The number of aromatic nitrogens is 3. The van der Waals surface area contributed by atoms with E-state index in [9.17, 15) is 4.79 Å². The summed E-state index contributed by atoms with van der Waals surface area (Å²) in [5.74, 6) is 0.329. The van der Waals surface area contributed by atoms with E-state index in [1.165, 1.54) is 14.2 Å². The molecule has 0 aliphatic carbocycles. The standard InChI is InChI=1S/C13H20N4O4/c1-4-21-10(18)9-5-7-17(8-6-9)11-14-12(19-2)16-13(15-11)20-3/h9H,4-8H2,1-3H3. The lowest BCUT2D eigenvalue weighted by molar-refractivity contribution is -0.148. The van der Waals surface area contributed by atoms with E-state index in [-0.39, 0.29) is 23.9 Å². The molecule has 2 heterocycles. The first-order valence-corrected chi connectivity index (χ1v) is 6.93. The smallest absolute Gasteiger partial charge is 0.324 e. The SMILES string of the molecule is CCOC(=O)C1CCN(c2nc(OC)nc(OC)n2)CC1. The summed E-state index contributed by atoms with van der Waals surface area (Å²) in [5.41, 5.74) is 0. The van der Waals surface area contributed by atoms with Gasteiger partial charge in [0.15, 0.2) is 0 Å². The summed E-state index contributed by atoms with van der Waals surface area (Å²) in [4.78, 5) is 26.1. The minimum absolute atomic E-state index is 0.0492. The monoisotopic (exact) mass is 296 g/mol. The largest absolute Gasteiger partial charge is 0.467 e. The van der Waals surface area contributed by atoms with Crippen LogP contribution in [0.4, 0.5) is 5.95 Å². The van der Waals surface area contributed by atoms with E-state index in [4.69, 9.17) is 14.2 Å². The van der Waals surface area contributed by atoms with Crippen LogP contribution in [0.1, 0.15) is 19.8 Å². The number of nitrogens with zero attached hydrogens (tertiary/aromatic N) is 4. The normalized spacial score (nSPS) is 15.7. The van der Waals surface area contributed by atoms with Crippen LogP contribution in [-0.4, -0.2) is 54.8 Å². The number of rotatable bonds is 5. The number of carbonyl (C=O) groups is 1. The Kier molecular flexibility index (Phi) is 5.13. The molecule has 1 aliphatic rings.